The Balaban J connectivity index is 1.82. The molecule has 4 nitrogen and oxygen atoms in total. The minimum atomic E-state index is -0.00742. The molecule has 2 rings (SSSR count). The first-order valence-corrected chi connectivity index (χ1v) is 7.51. The van der Waals surface area contributed by atoms with E-state index in [0.29, 0.717) is 19.6 Å². The SMILES string of the molecule is CCOc1ccccc1NCCC(=O)Nc1cccc(C)c1. The summed E-state index contributed by atoms with van der Waals surface area (Å²) < 4.78 is 5.54. The monoisotopic (exact) mass is 298 g/mol. The summed E-state index contributed by atoms with van der Waals surface area (Å²) in [5, 5.41) is 6.14. The zero-order chi connectivity index (χ0) is 15.8. The minimum absolute atomic E-state index is 0.00742. The number of carbonyl (C=O) groups is 1. The van der Waals surface area contributed by atoms with Crippen molar-refractivity contribution in [3.05, 3.63) is 54.1 Å². The van der Waals surface area contributed by atoms with Crippen molar-refractivity contribution in [3.63, 3.8) is 0 Å². The number of nitrogens with one attached hydrogen (secondary N) is 2. The number of carbonyl (C=O) groups excluding carboxylic acids is 1. The Morgan fingerprint density at radius 2 is 1.95 bits per heavy atom. The van der Waals surface area contributed by atoms with Crippen molar-refractivity contribution in [2.24, 2.45) is 0 Å². The van der Waals surface area contributed by atoms with Crippen LogP contribution < -0.4 is 15.4 Å². The molecule has 2 aromatic carbocycles. The van der Waals surface area contributed by atoms with Crippen LogP contribution in [-0.4, -0.2) is 19.1 Å². The van der Waals surface area contributed by atoms with Gasteiger partial charge in [0.15, 0.2) is 0 Å². The van der Waals surface area contributed by atoms with E-state index in [2.05, 4.69) is 10.6 Å². The van der Waals surface area contributed by atoms with Gasteiger partial charge in [-0.2, -0.15) is 0 Å². The van der Waals surface area contributed by atoms with Crippen LogP contribution >= 0.6 is 0 Å². The molecule has 0 bridgehead atoms. The molecule has 22 heavy (non-hydrogen) atoms. The summed E-state index contributed by atoms with van der Waals surface area (Å²) in [5.41, 5.74) is 2.87. The second-order valence-electron chi connectivity index (χ2n) is 5.02. The molecule has 116 valence electrons. The van der Waals surface area contributed by atoms with E-state index in [0.717, 1.165) is 22.7 Å². The van der Waals surface area contributed by atoms with E-state index in [1.165, 1.54) is 0 Å². The van der Waals surface area contributed by atoms with Crippen molar-refractivity contribution in [2.75, 3.05) is 23.8 Å². The molecule has 2 N–H and O–H groups in total. The average Bonchev–Trinajstić information content (AvgIpc) is 2.49. The van der Waals surface area contributed by atoms with Gasteiger partial charge in [0.25, 0.3) is 0 Å². The van der Waals surface area contributed by atoms with Crippen LogP contribution in [0.5, 0.6) is 5.75 Å². The highest BCUT2D eigenvalue weighted by atomic mass is 16.5. The summed E-state index contributed by atoms with van der Waals surface area (Å²) in [6.07, 6.45) is 0.397. The van der Waals surface area contributed by atoms with Gasteiger partial charge in [-0.3, -0.25) is 4.79 Å². The summed E-state index contributed by atoms with van der Waals surface area (Å²) in [6.45, 7) is 5.13. The highest BCUT2D eigenvalue weighted by Crippen LogP contribution is 2.23. The van der Waals surface area contributed by atoms with Crippen molar-refractivity contribution >= 4 is 17.3 Å². The average molecular weight is 298 g/mol. The van der Waals surface area contributed by atoms with Crippen molar-refractivity contribution < 1.29 is 9.53 Å². The number of hydrogen-bond donors (Lipinski definition) is 2. The smallest absolute Gasteiger partial charge is 0.226 e. The number of para-hydroxylation sites is 2. The molecule has 0 saturated carbocycles. The van der Waals surface area contributed by atoms with Gasteiger partial charge in [-0.25, -0.2) is 0 Å². The normalized spacial score (nSPS) is 10.1. The van der Waals surface area contributed by atoms with Crippen LogP contribution in [-0.2, 0) is 4.79 Å². The summed E-state index contributed by atoms with van der Waals surface area (Å²) in [6, 6.07) is 15.5. The molecule has 0 aliphatic rings. The number of aryl methyl sites for hydroxylation is 1. The lowest BCUT2D eigenvalue weighted by Crippen LogP contribution is -2.16. The first kappa shape index (κ1) is 15.9. The van der Waals surface area contributed by atoms with E-state index in [1.54, 1.807) is 0 Å². The molecular weight excluding hydrogens is 276 g/mol. The molecule has 0 atom stereocenters. The summed E-state index contributed by atoms with van der Waals surface area (Å²) in [7, 11) is 0. The summed E-state index contributed by atoms with van der Waals surface area (Å²) >= 11 is 0. The fraction of sp³-hybridized carbons (Fsp3) is 0.278. The Bertz CT molecular complexity index is 626. The molecule has 0 spiro atoms. The molecular formula is C18H22N2O2. The Hall–Kier alpha value is -2.49. The van der Waals surface area contributed by atoms with Gasteiger partial charge in [0, 0.05) is 18.7 Å². The number of amides is 1. The van der Waals surface area contributed by atoms with Gasteiger partial charge in [0.2, 0.25) is 5.91 Å². The lowest BCUT2D eigenvalue weighted by atomic mass is 10.2. The molecule has 4 heteroatoms. The van der Waals surface area contributed by atoms with Crippen LogP contribution in [0.3, 0.4) is 0 Å². The van der Waals surface area contributed by atoms with Crippen LogP contribution in [0.2, 0.25) is 0 Å². The highest BCUT2D eigenvalue weighted by Gasteiger charge is 2.05. The predicted molar refractivity (Wildman–Crippen MR) is 90.5 cm³/mol. The minimum Gasteiger partial charge on any atom is -0.492 e. The fourth-order valence-corrected chi connectivity index (χ4v) is 2.15. The summed E-state index contributed by atoms with van der Waals surface area (Å²) in [5.74, 6) is 0.802. The Labute approximate surface area is 131 Å². The van der Waals surface area contributed by atoms with Crippen LogP contribution in [0.25, 0.3) is 0 Å². The zero-order valence-corrected chi connectivity index (χ0v) is 13.1. The lowest BCUT2D eigenvalue weighted by molar-refractivity contribution is -0.115. The van der Waals surface area contributed by atoms with E-state index < -0.39 is 0 Å². The third kappa shape index (κ3) is 4.81. The molecule has 0 aromatic heterocycles. The van der Waals surface area contributed by atoms with E-state index in [-0.39, 0.29) is 5.91 Å². The van der Waals surface area contributed by atoms with Crippen molar-refractivity contribution in [2.45, 2.75) is 20.3 Å². The first-order chi connectivity index (χ1) is 10.7. The van der Waals surface area contributed by atoms with Crippen LogP contribution in [0, 0.1) is 6.92 Å². The second-order valence-corrected chi connectivity index (χ2v) is 5.02. The maximum absolute atomic E-state index is 11.9. The first-order valence-electron chi connectivity index (χ1n) is 7.51. The number of anilines is 2. The Morgan fingerprint density at radius 3 is 2.73 bits per heavy atom. The number of ether oxygens (including phenoxy) is 1. The third-order valence-electron chi connectivity index (χ3n) is 3.16. The molecule has 2 aromatic rings. The molecule has 0 unspecified atom stereocenters. The highest BCUT2D eigenvalue weighted by molar-refractivity contribution is 5.91. The van der Waals surface area contributed by atoms with Gasteiger partial charge < -0.3 is 15.4 Å². The Kier molecular flexibility index (Phi) is 5.83. The molecule has 1 amide bonds. The lowest BCUT2D eigenvalue weighted by Gasteiger charge is -2.12. The van der Waals surface area contributed by atoms with Crippen molar-refractivity contribution in [1.82, 2.24) is 0 Å². The van der Waals surface area contributed by atoms with E-state index in [4.69, 9.17) is 4.74 Å². The molecule has 0 fully saturated rings. The fourth-order valence-electron chi connectivity index (χ4n) is 2.15. The van der Waals surface area contributed by atoms with Crippen LogP contribution in [0.4, 0.5) is 11.4 Å². The molecule has 0 radical (unpaired) electrons. The van der Waals surface area contributed by atoms with Gasteiger partial charge in [-0.15, -0.1) is 0 Å². The number of rotatable bonds is 7. The van der Waals surface area contributed by atoms with E-state index >= 15 is 0 Å². The maximum Gasteiger partial charge on any atom is 0.226 e. The van der Waals surface area contributed by atoms with Gasteiger partial charge in [0.1, 0.15) is 5.75 Å². The molecule has 0 heterocycles. The van der Waals surface area contributed by atoms with Gasteiger partial charge in [0.05, 0.1) is 12.3 Å². The second kappa shape index (κ2) is 8.08. The topological polar surface area (TPSA) is 50.4 Å². The third-order valence-corrected chi connectivity index (χ3v) is 3.16. The number of hydrogen-bond acceptors (Lipinski definition) is 3. The van der Waals surface area contributed by atoms with E-state index in [9.17, 15) is 4.79 Å². The van der Waals surface area contributed by atoms with E-state index in [1.807, 2.05) is 62.4 Å². The van der Waals surface area contributed by atoms with Crippen molar-refractivity contribution in [1.29, 1.82) is 0 Å². The largest absolute Gasteiger partial charge is 0.492 e. The molecule has 0 aliphatic carbocycles. The molecule has 0 saturated heterocycles. The standard InChI is InChI=1S/C18H22N2O2/c1-3-22-17-10-5-4-9-16(17)19-12-11-18(21)20-15-8-6-7-14(2)13-15/h4-10,13,19H,3,11-12H2,1-2H3,(H,20,21). The number of benzene rings is 2. The molecule has 0 aliphatic heterocycles. The van der Waals surface area contributed by atoms with Gasteiger partial charge in [-0.05, 0) is 43.7 Å². The summed E-state index contributed by atoms with van der Waals surface area (Å²) in [4.78, 5) is 11.9. The predicted octanol–water partition coefficient (Wildman–Crippen LogP) is 3.83. The zero-order valence-electron chi connectivity index (χ0n) is 13.1. The van der Waals surface area contributed by atoms with Gasteiger partial charge in [-0.1, -0.05) is 24.3 Å². The van der Waals surface area contributed by atoms with Crippen LogP contribution in [0.1, 0.15) is 18.9 Å². The maximum atomic E-state index is 11.9. The quantitative estimate of drug-likeness (QED) is 0.816. The van der Waals surface area contributed by atoms with Gasteiger partial charge >= 0.3 is 0 Å². The Morgan fingerprint density at radius 1 is 1.14 bits per heavy atom. The van der Waals surface area contributed by atoms with Crippen LogP contribution in [0.15, 0.2) is 48.5 Å². The van der Waals surface area contributed by atoms with Crippen molar-refractivity contribution in [3.8, 4) is 5.75 Å².